The monoisotopic (exact) mass is 273 g/mol. The third-order valence-electron chi connectivity index (χ3n) is 3.57. The van der Waals surface area contributed by atoms with E-state index >= 15 is 0 Å². The molecule has 0 aromatic carbocycles. The van der Waals surface area contributed by atoms with E-state index in [1.54, 1.807) is 4.90 Å². The van der Waals surface area contributed by atoms with Gasteiger partial charge < -0.3 is 4.90 Å². The highest BCUT2D eigenvalue weighted by atomic mass is 16.2. The van der Waals surface area contributed by atoms with Crippen LogP contribution >= 0.6 is 0 Å². The molecule has 0 aliphatic carbocycles. The molecule has 0 spiro atoms. The Bertz CT molecular complexity index is 615. The van der Waals surface area contributed by atoms with Gasteiger partial charge in [-0.05, 0) is 31.4 Å². The van der Waals surface area contributed by atoms with Crippen molar-refractivity contribution < 1.29 is 4.79 Å². The van der Waals surface area contributed by atoms with Crippen LogP contribution in [0.15, 0.2) is 18.3 Å². The van der Waals surface area contributed by atoms with E-state index in [0.717, 1.165) is 42.7 Å². The molecule has 0 N–H and O–H groups in total. The van der Waals surface area contributed by atoms with Gasteiger partial charge in [-0.2, -0.15) is 0 Å². The molecule has 20 heavy (non-hydrogen) atoms. The summed E-state index contributed by atoms with van der Waals surface area (Å²) in [5.41, 5.74) is 3.57. The van der Waals surface area contributed by atoms with E-state index in [4.69, 9.17) is 0 Å². The molecular weight excluding hydrogens is 250 g/mol. The Kier molecular flexibility index (Phi) is 4.42. The SMILES string of the molecule is CCCCN(C)C(=O)c1c(CC)nc2ccc(C)cn12. The summed E-state index contributed by atoms with van der Waals surface area (Å²) in [5, 5.41) is 0. The molecular formula is C16H23N3O. The van der Waals surface area contributed by atoms with Crippen molar-refractivity contribution in [1.29, 1.82) is 0 Å². The lowest BCUT2D eigenvalue weighted by atomic mass is 10.2. The molecule has 0 saturated heterocycles. The highest BCUT2D eigenvalue weighted by molar-refractivity contribution is 5.94. The van der Waals surface area contributed by atoms with Crippen LogP contribution in [-0.2, 0) is 6.42 Å². The highest BCUT2D eigenvalue weighted by Gasteiger charge is 2.21. The number of unbranched alkanes of at least 4 members (excludes halogenated alkanes) is 1. The van der Waals surface area contributed by atoms with E-state index in [0.29, 0.717) is 5.69 Å². The Hall–Kier alpha value is -1.84. The Labute approximate surface area is 120 Å². The number of rotatable bonds is 5. The summed E-state index contributed by atoms with van der Waals surface area (Å²) in [5.74, 6) is 0.0633. The number of amides is 1. The van der Waals surface area contributed by atoms with Crippen LogP contribution in [0.3, 0.4) is 0 Å². The van der Waals surface area contributed by atoms with E-state index < -0.39 is 0 Å². The van der Waals surface area contributed by atoms with Crippen molar-refractivity contribution in [2.45, 2.75) is 40.0 Å². The van der Waals surface area contributed by atoms with Gasteiger partial charge in [0.05, 0.1) is 5.69 Å². The molecule has 0 bridgehead atoms. The van der Waals surface area contributed by atoms with Crippen LogP contribution < -0.4 is 0 Å². The number of pyridine rings is 1. The van der Waals surface area contributed by atoms with Crippen LogP contribution in [0.5, 0.6) is 0 Å². The summed E-state index contributed by atoms with van der Waals surface area (Å²) < 4.78 is 1.93. The molecule has 2 heterocycles. The van der Waals surface area contributed by atoms with Gasteiger partial charge in [0.2, 0.25) is 0 Å². The van der Waals surface area contributed by atoms with Gasteiger partial charge in [0, 0.05) is 19.8 Å². The number of aromatic nitrogens is 2. The Balaban J connectivity index is 2.45. The molecule has 0 unspecified atom stereocenters. The van der Waals surface area contributed by atoms with E-state index in [-0.39, 0.29) is 5.91 Å². The van der Waals surface area contributed by atoms with Gasteiger partial charge in [0.15, 0.2) is 0 Å². The lowest BCUT2D eigenvalue weighted by molar-refractivity contribution is 0.0785. The lowest BCUT2D eigenvalue weighted by Gasteiger charge is -2.17. The minimum absolute atomic E-state index is 0.0633. The van der Waals surface area contributed by atoms with Gasteiger partial charge in [-0.3, -0.25) is 9.20 Å². The summed E-state index contributed by atoms with van der Waals surface area (Å²) in [6, 6.07) is 3.99. The molecule has 2 aromatic heterocycles. The smallest absolute Gasteiger partial charge is 0.272 e. The number of carbonyl (C=O) groups excluding carboxylic acids is 1. The van der Waals surface area contributed by atoms with Crippen molar-refractivity contribution in [3.05, 3.63) is 35.3 Å². The molecule has 4 heteroatoms. The number of hydrogen-bond donors (Lipinski definition) is 0. The average Bonchev–Trinajstić information content (AvgIpc) is 2.81. The maximum Gasteiger partial charge on any atom is 0.272 e. The van der Waals surface area contributed by atoms with Crippen LogP contribution in [0.2, 0.25) is 0 Å². The highest BCUT2D eigenvalue weighted by Crippen LogP contribution is 2.16. The minimum Gasteiger partial charge on any atom is -0.340 e. The number of hydrogen-bond acceptors (Lipinski definition) is 2. The van der Waals surface area contributed by atoms with E-state index in [1.165, 1.54) is 0 Å². The summed E-state index contributed by atoms with van der Waals surface area (Å²) in [7, 11) is 1.87. The van der Waals surface area contributed by atoms with Gasteiger partial charge in [-0.25, -0.2) is 4.98 Å². The van der Waals surface area contributed by atoms with E-state index in [1.807, 2.05) is 43.6 Å². The zero-order valence-corrected chi connectivity index (χ0v) is 12.8. The van der Waals surface area contributed by atoms with Crippen molar-refractivity contribution in [3.8, 4) is 0 Å². The second-order valence-electron chi connectivity index (χ2n) is 5.28. The molecule has 0 radical (unpaired) electrons. The number of nitrogens with zero attached hydrogens (tertiary/aromatic N) is 3. The number of fused-ring (bicyclic) bond motifs is 1. The van der Waals surface area contributed by atoms with E-state index in [2.05, 4.69) is 11.9 Å². The fourth-order valence-electron chi connectivity index (χ4n) is 2.35. The van der Waals surface area contributed by atoms with Crippen LogP contribution in [-0.4, -0.2) is 33.8 Å². The fourth-order valence-corrected chi connectivity index (χ4v) is 2.35. The molecule has 2 rings (SSSR count). The summed E-state index contributed by atoms with van der Waals surface area (Å²) in [4.78, 5) is 19.1. The third kappa shape index (κ3) is 2.69. The molecule has 0 atom stereocenters. The van der Waals surface area contributed by atoms with Crippen molar-refractivity contribution in [3.63, 3.8) is 0 Å². The normalized spacial score (nSPS) is 11.0. The Morgan fingerprint density at radius 2 is 2.10 bits per heavy atom. The predicted octanol–water partition coefficient (Wildman–Crippen LogP) is 3.08. The molecule has 0 fully saturated rings. The maximum absolute atomic E-state index is 12.7. The Morgan fingerprint density at radius 1 is 1.35 bits per heavy atom. The number of aryl methyl sites for hydroxylation is 2. The van der Waals surface area contributed by atoms with Crippen LogP contribution in [0.4, 0.5) is 0 Å². The zero-order chi connectivity index (χ0) is 14.7. The largest absolute Gasteiger partial charge is 0.340 e. The standard InChI is InChI=1S/C16H23N3O/c1-5-7-10-18(4)16(20)15-13(6-2)17-14-9-8-12(3)11-19(14)15/h8-9,11H,5-7,10H2,1-4H3. The van der Waals surface area contributed by atoms with E-state index in [9.17, 15) is 4.79 Å². The molecule has 1 amide bonds. The molecule has 0 aliphatic heterocycles. The summed E-state index contributed by atoms with van der Waals surface area (Å²) in [6.07, 6.45) is 4.87. The maximum atomic E-state index is 12.7. The summed E-state index contributed by atoms with van der Waals surface area (Å²) in [6.45, 7) is 6.99. The van der Waals surface area contributed by atoms with Crippen molar-refractivity contribution in [2.75, 3.05) is 13.6 Å². The third-order valence-corrected chi connectivity index (χ3v) is 3.57. The molecule has 2 aromatic rings. The first-order valence-electron chi connectivity index (χ1n) is 7.31. The lowest BCUT2D eigenvalue weighted by Crippen LogP contribution is -2.29. The minimum atomic E-state index is 0.0633. The first kappa shape index (κ1) is 14.6. The first-order valence-corrected chi connectivity index (χ1v) is 7.31. The van der Waals surface area contributed by atoms with Crippen LogP contribution in [0.25, 0.3) is 5.65 Å². The molecule has 4 nitrogen and oxygen atoms in total. The van der Waals surface area contributed by atoms with Crippen molar-refractivity contribution in [1.82, 2.24) is 14.3 Å². The summed E-state index contributed by atoms with van der Waals surface area (Å²) >= 11 is 0. The molecule has 108 valence electrons. The number of imidazole rings is 1. The van der Waals surface area contributed by atoms with Crippen LogP contribution in [0.1, 0.15) is 48.4 Å². The fraction of sp³-hybridized carbons (Fsp3) is 0.500. The van der Waals surface area contributed by atoms with Gasteiger partial charge in [0.25, 0.3) is 5.91 Å². The molecule has 0 aliphatic rings. The predicted molar refractivity (Wildman–Crippen MR) is 81.2 cm³/mol. The zero-order valence-electron chi connectivity index (χ0n) is 12.8. The quantitative estimate of drug-likeness (QED) is 0.839. The first-order chi connectivity index (χ1) is 9.58. The molecule has 0 saturated carbocycles. The average molecular weight is 273 g/mol. The second-order valence-corrected chi connectivity index (χ2v) is 5.28. The van der Waals surface area contributed by atoms with Gasteiger partial charge >= 0.3 is 0 Å². The Morgan fingerprint density at radius 3 is 2.75 bits per heavy atom. The topological polar surface area (TPSA) is 37.6 Å². The van der Waals surface area contributed by atoms with Crippen molar-refractivity contribution in [2.24, 2.45) is 0 Å². The second kappa shape index (κ2) is 6.07. The van der Waals surface area contributed by atoms with Gasteiger partial charge in [-0.1, -0.05) is 26.3 Å². The van der Waals surface area contributed by atoms with Crippen molar-refractivity contribution >= 4 is 11.6 Å². The van der Waals surface area contributed by atoms with Gasteiger partial charge in [-0.15, -0.1) is 0 Å². The number of carbonyl (C=O) groups is 1. The van der Waals surface area contributed by atoms with Gasteiger partial charge in [0.1, 0.15) is 11.3 Å². The van der Waals surface area contributed by atoms with Crippen LogP contribution in [0, 0.1) is 6.92 Å².